The van der Waals surface area contributed by atoms with Crippen molar-refractivity contribution in [3.05, 3.63) is 101 Å². The van der Waals surface area contributed by atoms with Gasteiger partial charge in [-0.15, -0.1) is 5.10 Å². The maximum atomic E-state index is 12.8. The fourth-order valence-electron chi connectivity index (χ4n) is 3.50. The highest BCUT2D eigenvalue weighted by molar-refractivity contribution is 6.06. The summed E-state index contributed by atoms with van der Waals surface area (Å²) in [5.74, 6) is -0.309. The molecule has 0 unspecified atom stereocenters. The topological polar surface area (TPSA) is 98.0 Å². The fraction of sp³-hybridized carbons (Fsp3) is 0.160. The van der Waals surface area contributed by atoms with Crippen molar-refractivity contribution in [1.82, 2.24) is 19.7 Å². The largest absolute Gasteiger partial charge is 0.476 e. The van der Waals surface area contributed by atoms with E-state index in [-0.39, 0.29) is 17.3 Å². The first-order chi connectivity index (χ1) is 15.6. The van der Waals surface area contributed by atoms with Crippen molar-refractivity contribution in [1.29, 1.82) is 0 Å². The van der Waals surface area contributed by atoms with E-state index in [4.69, 9.17) is 0 Å². The third-order valence-electron chi connectivity index (χ3n) is 5.07. The molecular formula is C25H22N4O3. The van der Waals surface area contributed by atoms with Crippen LogP contribution in [0.1, 0.15) is 51.4 Å². The Morgan fingerprint density at radius 1 is 0.969 bits per heavy atom. The van der Waals surface area contributed by atoms with Crippen LogP contribution in [0.2, 0.25) is 0 Å². The second-order valence-corrected chi connectivity index (χ2v) is 7.36. The molecule has 0 saturated carbocycles. The lowest BCUT2D eigenvalue weighted by atomic mass is 10.0. The molecule has 160 valence electrons. The minimum atomic E-state index is -1.06. The highest BCUT2D eigenvalue weighted by Gasteiger charge is 2.18. The molecule has 4 rings (SSSR count). The predicted octanol–water partition coefficient (Wildman–Crippen LogP) is 4.27. The molecule has 7 nitrogen and oxygen atoms in total. The number of carbonyl (C=O) groups is 2. The number of rotatable bonds is 8. The molecule has 0 spiro atoms. The number of benzene rings is 2. The van der Waals surface area contributed by atoms with Crippen molar-refractivity contribution >= 4 is 11.8 Å². The van der Waals surface area contributed by atoms with Gasteiger partial charge in [0.05, 0.1) is 6.54 Å². The van der Waals surface area contributed by atoms with Crippen molar-refractivity contribution in [3.8, 4) is 11.1 Å². The van der Waals surface area contributed by atoms with E-state index in [1.165, 1.54) is 6.20 Å². The van der Waals surface area contributed by atoms with E-state index in [0.29, 0.717) is 24.1 Å². The molecule has 7 heteroatoms. The number of carboxylic acid groups (broad SMARTS) is 1. The van der Waals surface area contributed by atoms with Crippen LogP contribution in [0.3, 0.4) is 0 Å². The molecule has 4 aromatic rings. The summed E-state index contributed by atoms with van der Waals surface area (Å²) in [6.07, 6.45) is 3.07. The van der Waals surface area contributed by atoms with E-state index in [9.17, 15) is 14.7 Å². The van der Waals surface area contributed by atoms with E-state index in [2.05, 4.69) is 22.0 Å². The summed E-state index contributed by atoms with van der Waals surface area (Å²) in [6, 6.07) is 20.0. The number of hydrogen-bond acceptors (Lipinski definition) is 5. The Morgan fingerprint density at radius 2 is 1.72 bits per heavy atom. The molecule has 0 fully saturated rings. The standard InChI is InChI=1S/C25H22N4O3/c1-2-7-21-27-24(23(30)19-8-4-3-5-9-19)28-29(21)16-17-11-13-18(14-12-17)20-10-6-15-26-22(20)25(31)32/h3-6,8-15H,2,7,16H2,1H3,(H,31,32). The Balaban J connectivity index is 1.60. The summed E-state index contributed by atoms with van der Waals surface area (Å²) >= 11 is 0. The zero-order valence-electron chi connectivity index (χ0n) is 17.6. The number of aromatic carboxylic acids is 1. The summed E-state index contributed by atoms with van der Waals surface area (Å²) in [7, 11) is 0. The monoisotopic (exact) mass is 426 g/mol. The van der Waals surface area contributed by atoms with Crippen LogP contribution in [0.4, 0.5) is 0 Å². The summed E-state index contributed by atoms with van der Waals surface area (Å²) in [6.45, 7) is 2.52. The molecule has 0 radical (unpaired) electrons. The molecule has 2 aromatic heterocycles. The number of aryl methyl sites for hydroxylation is 1. The van der Waals surface area contributed by atoms with Crippen molar-refractivity contribution in [2.75, 3.05) is 0 Å². The Kier molecular flexibility index (Phi) is 6.17. The Labute approximate surface area is 185 Å². The van der Waals surface area contributed by atoms with Crippen molar-refractivity contribution in [2.45, 2.75) is 26.3 Å². The van der Waals surface area contributed by atoms with Gasteiger partial charge in [-0.05, 0) is 23.6 Å². The van der Waals surface area contributed by atoms with Gasteiger partial charge in [-0.1, -0.05) is 67.6 Å². The lowest BCUT2D eigenvalue weighted by Crippen LogP contribution is -2.08. The Bertz CT molecular complexity index is 1250. The average Bonchev–Trinajstić information content (AvgIpc) is 3.22. The van der Waals surface area contributed by atoms with Gasteiger partial charge in [-0.2, -0.15) is 0 Å². The first-order valence-corrected chi connectivity index (χ1v) is 10.4. The highest BCUT2D eigenvalue weighted by Crippen LogP contribution is 2.23. The first kappa shape index (κ1) is 21.1. The molecule has 0 saturated heterocycles. The smallest absolute Gasteiger partial charge is 0.355 e. The van der Waals surface area contributed by atoms with Gasteiger partial charge in [0.2, 0.25) is 11.6 Å². The maximum Gasteiger partial charge on any atom is 0.355 e. The van der Waals surface area contributed by atoms with Gasteiger partial charge in [0.1, 0.15) is 5.82 Å². The minimum Gasteiger partial charge on any atom is -0.476 e. The zero-order chi connectivity index (χ0) is 22.5. The van der Waals surface area contributed by atoms with Crippen LogP contribution in [0.15, 0.2) is 72.9 Å². The van der Waals surface area contributed by atoms with Crippen LogP contribution in [0, 0.1) is 0 Å². The number of hydrogen-bond donors (Lipinski definition) is 1. The lowest BCUT2D eigenvalue weighted by molar-refractivity contribution is 0.0691. The molecule has 32 heavy (non-hydrogen) atoms. The number of pyridine rings is 1. The van der Waals surface area contributed by atoms with Gasteiger partial charge < -0.3 is 5.11 Å². The normalized spacial score (nSPS) is 10.8. The molecular weight excluding hydrogens is 404 g/mol. The van der Waals surface area contributed by atoms with E-state index < -0.39 is 5.97 Å². The summed E-state index contributed by atoms with van der Waals surface area (Å²) in [5, 5.41) is 13.9. The van der Waals surface area contributed by atoms with Crippen molar-refractivity contribution in [2.24, 2.45) is 0 Å². The molecule has 0 atom stereocenters. The summed E-state index contributed by atoms with van der Waals surface area (Å²) in [4.78, 5) is 32.7. The molecule has 2 aromatic carbocycles. The van der Waals surface area contributed by atoms with E-state index in [0.717, 1.165) is 23.4 Å². The molecule has 0 aliphatic rings. The lowest BCUT2D eigenvalue weighted by Gasteiger charge is -2.08. The molecule has 2 heterocycles. The van der Waals surface area contributed by atoms with Gasteiger partial charge in [0, 0.05) is 23.7 Å². The first-order valence-electron chi connectivity index (χ1n) is 10.4. The average molecular weight is 426 g/mol. The number of aromatic nitrogens is 4. The number of carboxylic acids is 1. The van der Waals surface area contributed by atoms with Gasteiger partial charge in [-0.25, -0.2) is 19.4 Å². The molecule has 1 N–H and O–H groups in total. The van der Waals surface area contributed by atoms with Crippen LogP contribution in [0.25, 0.3) is 11.1 Å². The van der Waals surface area contributed by atoms with E-state index in [1.807, 2.05) is 42.5 Å². The number of nitrogens with zero attached hydrogens (tertiary/aromatic N) is 4. The molecule has 0 amide bonds. The maximum absolute atomic E-state index is 12.8. The van der Waals surface area contributed by atoms with Gasteiger partial charge >= 0.3 is 5.97 Å². The summed E-state index contributed by atoms with van der Waals surface area (Å²) < 4.78 is 1.77. The minimum absolute atomic E-state index is 0.0193. The number of carbonyl (C=O) groups excluding carboxylic acids is 1. The molecule has 0 aliphatic heterocycles. The Morgan fingerprint density at radius 3 is 2.41 bits per heavy atom. The van der Waals surface area contributed by atoms with Gasteiger partial charge in [0.15, 0.2) is 5.69 Å². The van der Waals surface area contributed by atoms with E-state index >= 15 is 0 Å². The molecule has 0 bridgehead atoms. The van der Waals surface area contributed by atoms with Crippen LogP contribution < -0.4 is 0 Å². The van der Waals surface area contributed by atoms with Crippen LogP contribution in [-0.4, -0.2) is 36.6 Å². The predicted molar refractivity (Wildman–Crippen MR) is 120 cm³/mol. The van der Waals surface area contributed by atoms with Crippen LogP contribution in [0.5, 0.6) is 0 Å². The molecule has 0 aliphatic carbocycles. The second-order valence-electron chi connectivity index (χ2n) is 7.36. The number of ketones is 1. The van der Waals surface area contributed by atoms with E-state index in [1.54, 1.807) is 28.9 Å². The van der Waals surface area contributed by atoms with Crippen LogP contribution in [-0.2, 0) is 13.0 Å². The second kappa shape index (κ2) is 9.34. The Hall–Kier alpha value is -4.13. The quantitative estimate of drug-likeness (QED) is 0.423. The summed E-state index contributed by atoms with van der Waals surface area (Å²) in [5.41, 5.74) is 2.88. The van der Waals surface area contributed by atoms with Crippen molar-refractivity contribution < 1.29 is 14.7 Å². The third kappa shape index (κ3) is 4.46. The van der Waals surface area contributed by atoms with Gasteiger partial charge in [-0.3, -0.25) is 4.79 Å². The van der Waals surface area contributed by atoms with Crippen molar-refractivity contribution in [3.63, 3.8) is 0 Å². The zero-order valence-corrected chi connectivity index (χ0v) is 17.6. The van der Waals surface area contributed by atoms with Gasteiger partial charge in [0.25, 0.3) is 0 Å². The fourth-order valence-corrected chi connectivity index (χ4v) is 3.50. The highest BCUT2D eigenvalue weighted by atomic mass is 16.4. The SMILES string of the molecule is CCCc1nc(C(=O)c2ccccc2)nn1Cc1ccc(-c2cccnc2C(=O)O)cc1. The van der Waals surface area contributed by atoms with Crippen LogP contribution >= 0.6 is 0 Å². The third-order valence-corrected chi connectivity index (χ3v) is 5.07.